The van der Waals surface area contributed by atoms with E-state index in [0.29, 0.717) is 17.9 Å². The van der Waals surface area contributed by atoms with Crippen LogP contribution in [0.1, 0.15) is 22.8 Å². The molecule has 0 aromatic heterocycles. The number of amides is 1. The molecule has 0 saturated heterocycles. The molecule has 4 heteroatoms. The largest absolute Gasteiger partial charge is 0.493 e. The van der Waals surface area contributed by atoms with Gasteiger partial charge in [0.2, 0.25) is 0 Å². The Hall–Kier alpha value is -1.81. The number of para-hydroxylation sites is 1. The Balaban J connectivity index is 2.21. The summed E-state index contributed by atoms with van der Waals surface area (Å²) in [4.78, 5) is 12.3. The molecule has 3 nitrogen and oxygen atoms in total. The Labute approximate surface area is 127 Å². The van der Waals surface area contributed by atoms with Gasteiger partial charge in [-0.05, 0) is 43.7 Å². The fraction of sp³-hybridized carbons (Fsp3) is 0.188. The van der Waals surface area contributed by atoms with Gasteiger partial charge in [-0.1, -0.05) is 34.1 Å². The number of ether oxygens (including phenoxy) is 1. The number of anilines is 1. The van der Waals surface area contributed by atoms with Crippen molar-refractivity contribution in [3.8, 4) is 5.75 Å². The van der Waals surface area contributed by atoms with Crippen LogP contribution in [0.2, 0.25) is 0 Å². The summed E-state index contributed by atoms with van der Waals surface area (Å²) in [6, 6.07) is 12.9. The molecule has 0 spiro atoms. The number of rotatable bonds is 4. The molecular weight excluding hydrogens is 318 g/mol. The molecule has 0 aliphatic rings. The molecule has 104 valence electrons. The van der Waals surface area contributed by atoms with Crippen molar-refractivity contribution in [1.29, 1.82) is 0 Å². The third-order valence-electron chi connectivity index (χ3n) is 2.86. The molecule has 0 aliphatic carbocycles. The van der Waals surface area contributed by atoms with Crippen LogP contribution in [0.25, 0.3) is 0 Å². The first-order chi connectivity index (χ1) is 9.61. The summed E-state index contributed by atoms with van der Waals surface area (Å²) in [6.45, 7) is 4.42. The van der Waals surface area contributed by atoms with Gasteiger partial charge in [-0.2, -0.15) is 0 Å². The topological polar surface area (TPSA) is 38.3 Å². The maximum absolute atomic E-state index is 12.3. The van der Waals surface area contributed by atoms with Crippen LogP contribution in [0.3, 0.4) is 0 Å². The Morgan fingerprint density at radius 1 is 1.25 bits per heavy atom. The lowest BCUT2D eigenvalue weighted by atomic mass is 10.1. The van der Waals surface area contributed by atoms with Crippen molar-refractivity contribution in [3.63, 3.8) is 0 Å². The minimum Gasteiger partial charge on any atom is -0.493 e. The van der Waals surface area contributed by atoms with E-state index in [9.17, 15) is 4.79 Å². The normalized spacial score (nSPS) is 10.2. The van der Waals surface area contributed by atoms with Crippen molar-refractivity contribution in [1.82, 2.24) is 0 Å². The van der Waals surface area contributed by atoms with Crippen LogP contribution < -0.4 is 10.1 Å². The first kappa shape index (κ1) is 14.6. The molecule has 0 saturated carbocycles. The van der Waals surface area contributed by atoms with E-state index in [1.807, 2.05) is 44.2 Å². The second kappa shape index (κ2) is 6.57. The van der Waals surface area contributed by atoms with Crippen molar-refractivity contribution < 1.29 is 9.53 Å². The third-order valence-corrected chi connectivity index (χ3v) is 3.72. The lowest BCUT2D eigenvalue weighted by Gasteiger charge is -2.11. The first-order valence-corrected chi connectivity index (χ1v) is 7.20. The van der Waals surface area contributed by atoms with E-state index in [1.165, 1.54) is 0 Å². The Bertz CT molecular complexity index is 626. The minimum absolute atomic E-state index is 0.176. The number of aryl methyl sites for hydroxylation is 1. The molecular formula is C16H16BrNO2. The molecule has 0 unspecified atom stereocenters. The molecule has 1 amide bonds. The summed E-state index contributed by atoms with van der Waals surface area (Å²) < 4.78 is 6.43. The Morgan fingerprint density at radius 3 is 2.70 bits per heavy atom. The van der Waals surface area contributed by atoms with Gasteiger partial charge < -0.3 is 10.1 Å². The number of carbonyl (C=O) groups excluding carboxylic acids is 1. The van der Waals surface area contributed by atoms with Gasteiger partial charge in [-0.15, -0.1) is 0 Å². The van der Waals surface area contributed by atoms with Crippen molar-refractivity contribution in [3.05, 3.63) is 58.1 Å². The zero-order valence-corrected chi connectivity index (χ0v) is 13.0. The number of halogens is 1. The number of hydrogen-bond acceptors (Lipinski definition) is 2. The molecule has 0 aliphatic heterocycles. The van der Waals surface area contributed by atoms with E-state index >= 15 is 0 Å². The van der Waals surface area contributed by atoms with Gasteiger partial charge in [0.1, 0.15) is 5.75 Å². The molecule has 2 rings (SSSR count). The molecule has 20 heavy (non-hydrogen) atoms. The number of hydrogen-bond donors (Lipinski definition) is 1. The quantitative estimate of drug-likeness (QED) is 0.899. The molecule has 0 heterocycles. The van der Waals surface area contributed by atoms with Crippen LogP contribution in [0, 0.1) is 6.92 Å². The standard InChI is InChI=1S/C16H16BrNO2/c1-3-20-15-7-5-4-6-13(15)16(19)18-12-9-8-11(2)14(17)10-12/h4-10H,3H2,1-2H3,(H,18,19). The molecule has 0 radical (unpaired) electrons. The zero-order valence-electron chi connectivity index (χ0n) is 11.4. The average Bonchev–Trinajstić information content (AvgIpc) is 2.44. The highest BCUT2D eigenvalue weighted by atomic mass is 79.9. The number of benzene rings is 2. The fourth-order valence-corrected chi connectivity index (χ4v) is 2.18. The molecule has 0 bridgehead atoms. The lowest BCUT2D eigenvalue weighted by molar-refractivity contribution is 0.102. The smallest absolute Gasteiger partial charge is 0.259 e. The van der Waals surface area contributed by atoms with Gasteiger partial charge in [-0.25, -0.2) is 0 Å². The SMILES string of the molecule is CCOc1ccccc1C(=O)Nc1ccc(C)c(Br)c1. The third kappa shape index (κ3) is 3.39. The minimum atomic E-state index is -0.176. The van der Waals surface area contributed by atoms with Crippen molar-refractivity contribution in [2.24, 2.45) is 0 Å². The predicted molar refractivity (Wildman–Crippen MR) is 84.4 cm³/mol. The highest BCUT2D eigenvalue weighted by Gasteiger charge is 2.12. The van der Waals surface area contributed by atoms with Crippen LogP contribution >= 0.6 is 15.9 Å². The van der Waals surface area contributed by atoms with Gasteiger partial charge in [0, 0.05) is 10.2 Å². The van der Waals surface area contributed by atoms with E-state index in [-0.39, 0.29) is 5.91 Å². The van der Waals surface area contributed by atoms with Crippen LogP contribution in [-0.4, -0.2) is 12.5 Å². The fourth-order valence-electron chi connectivity index (χ4n) is 1.80. The second-order valence-electron chi connectivity index (χ2n) is 4.35. The number of nitrogens with one attached hydrogen (secondary N) is 1. The Morgan fingerprint density at radius 2 is 2.00 bits per heavy atom. The first-order valence-electron chi connectivity index (χ1n) is 6.41. The summed E-state index contributed by atoms with van der Waals surface area (Å²) in [6.07, 6.45) is 0. The van der Waals surface area contributed by atoms with Crippen molar-refractivity contribution in [2.75, 3.05) is 11.9 Å². The van der Waals surface area contributed by atoms with Gasteiger partial charge >= 0.3 is 0 Å². The predicted octanol–water partition coefficient (Wildman–Crippen LogP) is 4.41. The monoisotopic (exact) mass is 333 g/mol. The van der Waals surface area contributed by atoms with Gasteiger partial charge in [-0.3, -0.25) is 4.79 Å². The van der Waals surface area contributed by atoms with Crippen molar-refractivity contribution >= 4 is 27.5 Å². The maximum atomic E-state index is 12.3. The lowest BCUT2D eigenvalue weighted by Crippen LogP contribution is -2.13. The molecule has 0 atom stereocenters. The van der Waals surface area contributed by atoms with E-state index in [4.69, 9.17) is 4.74 Å². The van der Waals surface area contributed by atoms with Crippen LogP contribution in [0.15, 0.2) is 46.9 Å². The van der Waals surface area contributed by atoms with Crippen molar-refractivity contribution in [2.45, 2.75) is 13.8 Å². The highest BCUT2D eigenvalue weighted by molar-refractivity contribution is 9.10. The number of carbonyl (C=O) groups is 1. The van der Waals surface area contributed by atoms with Crippen LogP contribution in [0.5, 0.6) is 5.75 Å². The molecule has 0 fully saturated rings. The van der Waals surface area contributed by atoms with Gasteiger partial charge in [0.15, 0.2) is 0 Å². The molecule has 1 N–H and O–H groups in total. The van der Waals surface area contributed by atoms with Gasteiger partial charge in [0.25, 0.3) is 5.91 Å². The van der Waals surface area contributed by atoms with E-state index < -0.39 is 0 Å². The molecule has 2 aromatic carbocycles. The molecule has 2 aromatic rings. The summed E-state index contributed by atoms with van der Waals surface area (Å²) in [5, 5.41) is 2.88. The van der Waals surface area contributed by atoms with Crippen LogP contribution in [0.4, 0.5) is 5.69 Å². The highest BCUT2D eigenvalue weighted by Crippen LogP contribution is 2.23. The Kier molecular flexibility index (Phi) is 4.79. The maximum Gasteiger partial charge on any atom is 0.259 e. The second-order valence-corrected chi connectivity index (χ2v) is 5.20. The summed E-state index contributed by atoms with van der Waals surface area (Å²) >= 11 is 3.46. The van der Waals surface area contributed by atoms with Crippen LogP contribution in [-0.2, 0) is 0 Å². The summed E-state index contributed by atoms with van der Waals surface area (Å²) in [7, 11) is 0. The van der Waals surface area contributed by atoms with E-state index in [0.717, 1.165) is 15.7 Å². The van der Waals surface area contributed by atoms with E-state index in [1.54, 1.807) is 12.1 Å². The van der Waals surface area contributed by atoms with Gasteiger partial charge in [0.05, 0.1) is 12.2 Å². The zero-order chi connectivity index (χ0) is 14.5. The van der Waals surface area contributed by atoms with E-state index in [2.05, 4.69) is 21.2 Å². The summed E-state index contributed by atoms with van der Waals surface area (Å²) in [5.41, 5.74) is 2.41. The summed E-state index contributed by atoms with van der Waals surface area (Å²) in [5.74, 6) is 0.420. The average molecular weight is 334 g/mol.